The molecule has 0 atom stereocenters. The second kappa shape index (κ2) is 26.1. The molecule has 2 heterocycles. The maximum Gasteiger partial charge on any atom is 0.137 e. The minimum absolute atomic E-state index is 0.782. The second-order valence-corrected chi connectivity index (χ2v) is 19.2. The van der Waals surface area contributed by atoms with Crippen LogP contribution in [0.15, 0.2) is 36.7 Å². The van der Waals surface area contributed by atoms with Crippen LogP contribution in [0.5, 0.6) is 11.5 Å². The Morgan fingerprint density at radius 2 is 0.786 bits per heavy atom. The van der Waals surface area contributed by atoms with E-state index in [1.54, 1.807) is 0 Å². The van der Waals surface area contributed by atoms with E-state index >= 15 is 0 Å². The summed E-state index contributed by atoms with van der Waals surface area (Å²) in [6, 6.07) is 8.50. The summed E-state index contributed by atoms with van der Waals surface area (Å²) in [6.45, 7) is 10.5. The summed E-state index contributed by atoms with van der Waals surface area (Å²) in [4.78, 5) is 9.21. The number of hydrogen-bond acceptors (Lipinski definition) is 4. The lowest BCUT2D eigenvalue weighted by atomic mass is 9.68. The number of nitrogens with zero attached hydrogens (tertiary/aromatic N) is 2. The molecule has 316 valence electrons. The predicted octanol–water partition coefficient (Wildman–Crippen LogP) is 15.2. The maximum atomic E-state index is 5.64. The summed E-state index contributed by atoms with van der Waals surface area (Å²) < 4.78 is 11.3. The topological polar surface area (TPSA) is 44.2 Å². The van der Waals surface area contributed by atoms with Crippen molar-refractivity contribution in [2.45, 2.75) is 207 Å². The van der Waals surface area contributed by atoms with Gasteiger partial charge in [0.25, 0.3) is 0 Å². The third-order valence-corrected chi connectivity index (χ3v) is 15.0. The lowest BCUT2D eigenvalue weighted by Gasteiger charge is -2.38. The number of aryl methyl sites for hydroxylation is 2. The van der Waals surface area contributed by atoms with E-state index < -0.39 is 0 Å². The number of aromatic nitrogens is 2. The molecular formula is C52H86N2O2. The van der Waals surface area contributed by atoms with Crippen LogP contribution >= 0.6 is 0 Å². The van der Waals surface area contributed by atoms with E-state index in [2.05, 4.69) is 61.9 Å². The van der Waals surface area contributed by atoms with Crippen LogP contribution in [0.3, 0.4) is 0 Å². The summed E-state index contributed by atoms with van der Waals surface area (Å²) in [6.07, 6.45) is 43.4. The maximum absolute atomic E-state index is 5.64. The van der Waals surface area contributed by atoms with Gasteiger partial charge in [0.15, 0.2) is 0 Å². The van der Waals surface area contributed by atoms with Crippen LogP contribution in [0, 0.1) is 47.3 Å². The average Bonchev–Trinajstić information content (AvgIpc) is 3.25. The van der Waals surface area contributed by atoms with Crippen molar-refractivity contribution in [2.75, 3.05) is 13.2 Å². The highest BCUT2D eigenvalue weighted by atomic mass is 16.5. The van der Waals surface area contributed by atoms with Crippen molar-refractivity contribution in [3.8, 4) is 11.5 Å². The molecule has 0 aromatic carbocycles. The van der Waals surface area contributed by atoms with E-state index in [1.165, 1.54) is 165 Å². The van der Waals surface area contributed by atoms with Gasteiger partial charge in [-0.1, -0.05) is 118 Å². The molecule has 4 fully saturated rings. The van der Waals surface area contributed by atoms with Crippen molar-refractivity contribution in [1.82, 2.24) is 9.97 Å². The van der Waals surface area contributed by atoms with Gasteiger partial charge in [0, 0.05) is 11.4 Å². The fraction of sp³-hybridized carbons (Fsp3) is 0.808. The van der Waals surface area contributed by atoms with Gasteiger partial charge in [-0.2, -0.15) is 0 Å². The van der Waals surface area contributed by atoms with Crippen LogP contribution in [0.4, 0.5) is 0 Å². The molecule has 0 aliphatic heterocycles. The highest BCUT2D eigenvalue weighted by molar-refractivity contribution is 5.20. The van der Waals surface area contributed by atoms with Gasteiger partial charge in [0.1, 0.15) is 11.5 Å². The Kier molecular flexibility index (Phi) is 21.0. The SMILES string of the molecule is CCCCC[C@H]1CC[C@H]([C@H]2CC[C@H](CCc3ccc(OCCC)cn3)CC2)CC1.CCCOc1ccc(CC[C@H]2CC[C@H]([C@H]3CC[C@H](CCC)CC3)CC2)nc1. The Bertz CT molecular complexity index is 1250. The molecule has 4 aliphatic rings. The number of hydrogen-bond donors (Lipinski definition) is 0. The number of unbranched alkanes of at least 4 members (excludes halogenated alkanes) is 2. The Labute approximate surface area is 345 Å². The van der Waals surface area contributed by atoms with Crippen molar-refractivity contribution in [3.05, 3.63) is 48.0 Å². The summed E-state index contributed by atoms with van der Waals surface area (Å²) in [5.74, 6) is 9.96. The van der Waals surface area contributed by atoms with E-state index in [9.17, 15) is 0 Å². The zero-order valence-electron chi connectivity index (χ0n) is 37.0. The number of pyridine rings is 2. The van der Waals surface area contributed by atoms with Crippen molar-refractivity contribution in [2.24, 2.45) is 47.3 Å². The Hall–Kier alpha value is -2.10. The summed E-state index contributed by atoms with van der Waals surface area (Å²) in [7, 11) is 0. The van der Waals surface area contributed by atoms with Crippen LogP contribution in [-0.2, 0) is 12.8 Å². The van der Waals surface area contributed by atoms with Crippen LogP contribution in [0.25, 0.3) is 0 Å². The van der Waals surface area contributed by atoms with Crippen molar-refractivity contribution < 1.29 is 9.47 Å². The molecule has 0 spiro atoms. The van der Waals surface area contributed by atoms with Crippen molar-refractivity contribution >= 4 is 0 Å². The van der Waals surface area contributed by atoms with Gasteiger partial charge in [0.05, 0.1) is 25.6 Å². The summed E-state index contributed by atoms with van der Waals surface area (Å²) in [5.41, 5.74) is 2.47. The highest BCUT2D eigenvalue weighted by Gasteiger charge is 2.32. The Morgan fingerprint density at radius 1 is 0.411 bits per heavy atom. The molecule has 0 bridgehead atoms. The van der Waals surface area contributed by atoms with Gasteiger partial charge in [-0.3, -0.25) is 9.97 Å². The van der Waals surface area contributed by atoms with Crippen molar-refractivity contribution in [3.63, 3.8) is 0 Å². The zero-order valence-corrected chi connectivity index (χ0v) is 37.0. The van der Waals surface area contributed by atoms with Crippen LogP contribution in [0.1, 0.15) is 206 Å². The lowest BCUT2D eigenvalue weighted by Crippen LogP contribution is -2.26. The molecule has 4 aliphatic carbocycles. The normalized spacial score (nSPS) is 28.2. The summed E-state index contributed by atoms with van der Waals surface area (Å²) >= 11 is 0. The highest BCUT2D eigenvalue weighted by Crippen LogP contribution is 2.44. The molecular weight excluding hydrogens is 685 g/mol. The standard InChI is InChI=1S/C27H45NO.C25H41NO/c1-3-5-6-7-22-8-13-24(14-9-22)25-15-10-23(11-16-25)12-17-26-18-19-27(21-28-26)29-20-4-2;1-3-5-20-6-11-22(12-7-20)23-13-8-21(9-14-23)10-15-24-16-17-25(19-26-24)27-18-4-2/h18-19,21-25H,3-17,20H2,1-2H3;16-17,19-23H,3-15,18H2,1-2H3/t22-,23-,24-,25-;20-,21-,22-,23-. The molecule has 2 aromatic heterocycles. The first-order chi connectivity index (χ1) is 27.6. The second-order valence-electron chi connectivity index (χ2n) is 19.2. The first kappa shape index (κ1) is 45.0. The summed E-state index contributed by atoms with van der Waals surface area (Å²) in [5, 5.41) is 0. The molecule has 0 saturated heterocycles. The first-order valence-corrected chi connectivity index (χ1v) is 24.7. The van der Waals surface area contributed by atoms with Gasteiger partial charge >= 0.3 is 0 Å². The third kappa shape index (κ3) is 15.9. The van der Waals surface area contributed by atoms with Crippen LogP contribution < -0.4 is 9.47 Å². The monoisotopic (exact) mass is 771 g/mol. The molecule has 4 nitrogen and oxygen atoms in total. The third-order valence-electron chi connectivity index (χ3n) is 15.0. The fourth-order valence-corrected chi connectivity index (χ4v) is 11.3. The zero-order chi connectivity index (χ0) is 39.2. The predicted molar refractivity (Wildman–Crippen MR) is 238 cm³/mol. The molecule has 4 heteroatoms. The van der Waals surface area contributed by atoms with E-state index in [-0.39, 0.29) is 0 Å². The van der Waals surface area contributed by atoms with Gasteiger partial charge in [-0.25, -0.2) is 0 Å². The van der Waals surface area contributed by atoms with E-state index in [4.69, 9.17) is 9.47 Å². The van der Waals surface area contributed by atoms with Gasteiger partial charge in [-0.15, -0.1) is 0 Å². The quantitative estimate of drug-likeness (QED) is 0.126. The largest absolute Gasteiger partial charge is 0.492 e. The van der Waals surface area contributed by atoms with E-state index in [1.807, 2.05) is 12.4 Å². The van der Waals surface area contributed by atoms with Gasteiger partial charge < -0.3 is 9.47 Å². The number of ether oxygens (including phenoxy) is 2. The molecule has 56 heavy (non-hydrogen) atoms. The number of rotatable bonds is 20. The molecule has 0 radical (unpaired) electrons. The Morgan fingerprint density at radius 3 is 1.11 bits per heavy atom. The smallest absolute Gasteiger partial charge is 0.137 e. The molecule has 0 N–H and O–H groups in total. The minimum Gasteiger partial charge on any atom is -0.492 e. The van der Waals surface area contributed by atoms with Gasteiger partial charge in [0.2, 0.25) is 0 Å². The Balaban J connectivity index is 0.000000215. The van der Waals surface area contributed by atoms with Crippen LogP contribution in [-0.4, -0.2) is 23.2 Å². The molecule has 6 rings (SSSR count). The molecule has 0 unspecified atom stereocenters. The van der Waals surface area contributed by atoms with Crippen LogP contribution in [0.2, 0.25) is 0 Å². The minimum atomic E-state index is 0.782. The molecule has 4 saturated carbocycles. The van der Waals surface area contributed by atoms with Crippen molar-refractivity contribution in [1.29, 1.82) is 0 Å². The first-order valence-electron chi connectivity index (χ1n) is 24.7. The molecule has 2 aromatic rings. The van der Waals surface area contributed by atoms with E-state index in [0.717, 1.165) is 97.7 Å². The average molecular weight is 771 g/mol. The van der Waals surface area contributed by atoms with Gasteiger partial charge in [-0.05, 0) is 162 Å². The van der Waals surface area contributed by atoms with E-state index in [0.29, 0.717) is 0 Å². The fourth-order valence-electron chi connectivity index (χ4n) is 11.3. The lowest BCUT2D eigenvalue weighted by molar-refractivity contribution is 0.140. The molecule has 0 amide bonds.